The van der Waals surface area contributed by atoms with Gasteiger partial charge in [-0.1, -0.05) is 0 Å². The van der Waals surface area contributed by atoms with Crippen LogP contribution in [0.25, 0.3) is 0 Å². The minimum atomic E-state index is -1.47. The maximum Gasteiger partial charge on any atom is 0.185 e. The number of aliphatic hydroxyl groups is 4. The third-order valence-corrected chi connectivity index (χ3v) is 2.04. The van der Waals surface area contributed by atoms with E-state index in [0.717, 1.165) is 0 Å². The Hall–Kier alpha value is -0.240. The fourth-order valence-corrected chi connectivity index (χ4v) is 1.19. The van der Waals surface area contributed by atoms with Crippen molar-refractivity contribution >= 4 is 0 Å². The Bertz CT molecular complexity index is 161. The first-order valence-corrected chi connectivity index (χ1v) is 3.94. The van der Waals surface area contributed by atoms with Crippen LogP contribution in [0.3, 0.4) is 0 Å². The zero-order chi connectivity index (χ0) is 10.0. The van der Waals surface area contributed by atoms with Gasteiger partial charge in [0.25, 0.3) is 0 Å². The monoisotopic (exact) mass is 194 g/mol. The number of hydrogen-bond acceptors (Lipinski definition) is 6. The standard InChI is InChI=1S/C7H14O6/c1-12-7-6(11)5(10)4(9)3(8)2-13-7/h3-11H,2H2,1H3/t3-,4+,5-,6+,7?/m1/s1. The Morgan fingerprint density at radius 3 is 2.23 bits per heavy atom. The molecule has 0 aliphatic carbocycles. The van der Waals surface area contributed by atoms with Crippen molar-refractivity contribution in [2.45, 2.75) is 30.7 Å². The summed E-state index contributed by atoms with van der Waals surface area (Å²) in [6.45, 7) is -0.187. The van der Waals surface area contributed by atoms with E-state index in [-0.39, 0.29) is 6.61 Å². The maximum absolute atomic E-state index is 9.33. The Morgan fingerprint density at radius 2 is 1.69 bits per heavy atom. The summed E-state index contributed by atoms with van der Waals surface area (Å²) in [5.74, 6) is 0. The molecule has 13 heavy (non-hydrogen) atoms. The lowest BCUT2D eigenvalue weighted by Crippen LogP contribution is -2.46. The predicted molar refractivity (Wildman–Crippen MR) is 40.8 cm³/mol. The molecular formula is C7H14O6. The molecule has 0 spiro atoms. The van der Waals surface area contributed by atoms with Gasteiger partial charge >= 0.3 is 0 Å². The minimum Gasteiger partial charge on any atom is -0.388 e. The summed E-state index contributed by atoms with van der Waals surface area (Å²) in [6.07, 6.45) is -6.50. The lowest BCUT2D eigenvalue weighted by Gasteiger charge is -2.23. The summed E-state index contributed by atoms with van der Waals surface area (Å²) in [5, 5.41) is 37.0. The molecule has 4 N–H and O–H groups in total. The molecule has 0 aromatic rings. The van der Waals surface area contributed by atoms with Gasteiger partial charge in [-0.05, 0) is 0 Å². The van der Waals surface area contributed by atoms with Crippen molar-refractivity contribution < 1.29 is 29.9 Å². The number of ether oxygens (including phenoxy) is 2. The first-order valence-electron chi connectivity index (χ1n) is 3.94. The highest BCUT2D eigenvalue weighted by Crippen LogP contribution is 2.16. The highest BCUT2D eigenvalue weighted by molar-refractivity contribution is 4.85. The molecule has 78 valence electrons. The van der Waals surface area contributed by atoms with Crippen LogP contribution in [0.4, 0.5) is 0 Å². The molecule has 6 nitrogen and oxygen atoms in total. The molecule has 1 saturated heterocycles. The lowest BCUT2D eigenvalue weighted by molar-refractivity contribution is -0.196. The topological polar surface area (TPSA) is 99.4 Å². The molecule has 5 atom stereocenters. The molecule has 1 rings (SSSR count). The first kappa shape index (κ1) is 10.8. The fraction of sp³-hybridized carbons (Fsp3) is 1.00. The van der Waals surface area contributed by atoms with Crippen molar-refractivity contribution in [1.82, 2.24) is 0 Å². The Labute approximate surface area is 75.3 Å². The SMILES string of the molecule is COC1OC[C@@H](O)[C@H](O)[C@@H](O)[C@@H]1O. The smallest absolute Gasteiger partial charge is 0.185 e. The second-order valence-corrected chi connectivity index (χ2v) is 2.98. The average molecular weight is 194 g/mol. The number of aliphatic hydroxyl groups excluding tert-OH is 4. The fourth-order valence-electron chi connectivity index (χ4n) is 1.19. The zero-order valence-corrected chi connectivity index (χ0v) is 7.20. The van der Waals surface area contributed by atoms with Gasteiger partial charge in [0.05, 0.1) is 6.61 Å². The van der Waals surface area contributed by atoms with Gasteiger partial charge in [-0.15, -0.1) is 0 Å². The van der Waals surface area contributed by atoms with Gasteiger partial charge in [0, 0.05) is 7.11 Å². The summed E-state index contributed by atoms with van der Waals surface area (Å²) in [4.78, 5) is 0. The summed E-state index contributed by atoms with van der Waals surface area (Å²) < 4.78 is 9.57. The van der Waals surface area contributed by atoms with Gasteiger partial charge in [0.2, 0.25) is 0 Å². The van der Waals surface area contributed by atoms with E-state index in [1.54, 1.807) is 0 Å². The molecule has 0 saturated carbocycles. The van der Waals surface area contributed by atoms with Crippen molar-refractivity contribution in [2.75, 3.05) is 13.7 Å². The molecule has 1 unspecified atom stereocenters. The molecule has 1 fully saturated rings. The van der Waals surface area contributed by atoms with Crippen LogP contribution >= 0.6 is 0 Å². The second kappa shape index (κ2) is 4.32. The average Bonchev–Trinajstić information content (AvgIpc) is 2.22. The quantitative estimate of drug-likeness (QED) is 0.366. The van der Waals surface area contributed by atoms with E-state index in [1.165, 1.54) is 7.11 Å². The molecule has 1 aliphatic heterocycles. The van der Waals surface area contributed by atoms with Gasteiger partial charge < -0.3 is 29.9 Å². The van der Waals surface area contributed by atoms with Gasteiger partial charge in [0.15, 0.2) is 6.29 Å². The van der Waals surface area contributed by atoms with Crippen LogP contribution in [0, 0.1) is 0 Å². The summed E-state index contributed by atoms with van der Waals surface area (Å²) >= 11 is 0. The van der Waals surface area contributed by atoms with Crippen LogP contribution in [0.1, 0.15) is 0 Å². The summed E-state index contributed by atoms with van der Waals surface area (Å²) in [5.41, 5.74) is 0. The molecule has 0 radical (unpaired) electrons. The van der Waals surface area contributed by atoms with Crippen LogP contribution in [0.2, 0.25) is 0 Å². The van der Waals surface area contributed by atoms with E-state index >= 15 is 0 Å². The number of hydrogen-bond donors (Lipinski definition) is 4. The van der Waals surface area contributed by atoms with Crippen LogP contribution in [-0.4, -0.2) is 64.8 Å². The second-order valence-electron chi connectivity index (χ2n) is 2.98. The van der Waals surface area contributed by atoms with Crippen molar-refractivity contribution in [3.63, 3.8) is 0 Å². The number of rotatable bonds is 1. The highest BCUT2D eigenvalue weighted by atomic mass is 16.7. The van der Waals surface area contributed by atoms with E-state index < -0.39 is 30.7 Å². The largest absolute Gasteiger partial charge is 0.388 e. The highest BCUT2D eigenvalue weighted by Gasteiger charge is 2.39. The maximum atomic E-state index is 9.33. The van der Waals surface area contributed by atoms with E-state index in [2.05, 4.69) is 0 Å². The molecular weight excluding hydrogens is 180 g/mol. The first-order chi connectivity index (χ1) is 6.07. The number of methoxy groups -OCH3 is 1. The third kappa shape index (κ3) is 2.16. The van der Waals surface area contributed by atoms with Crippen molar-refractivity contribution in [3.05, 3.63) is 0 Å². The van der Waals surface area contributed by atoms with Crippen LogP contribution < -0.4 is 0 Å². The third-order valence-electron chi connectivity index (χ3n) is 2.04. The normalized spacial score (nSPS) is 47.3. The molecule has 1 aliphatic rings. The van der Waals surface area contributed by atoms with Gasteiger partial charge in [0.1, 0.15) is 24.4 Å². The van der Waals surface area contributed by atoms with Crippen LogP contribution in [0.15, 0.2) is 0 Å². The summed E-state index contributed by atoms with van der Waals surface area (Å²) in [6, 6.07) is 0. The van der Waals surface area contributed by atoms with Crippen molar-refractivity contribution in [2.24, 2.45) is 0 Å². The Kier molecular flexibility index (Phi) is 3.60. The lowest BCUT2D eigenvalue weighted by atomic mass is 10.0. The van der Waals surface area contributed by atoms with Gasteiger partial charge in [-0.3, -0.25) is 0 Å². The molecule has 0 bridgehead atoms. The predicted octanol–water partition coefficient (Wildman–Crippen LogP) is -2.57. The Balaban J connectivity index is 2.69. The molecule has 0 aromatic carbocycles. The molecule has 1 heterocycles. The van der Waals surface area contributed by atoms with E-state index in [9.17, 15) is 15.3 Å². The zero-order valence-electron chi connectivity index (χ0n) is 7.20. The Morgan fingerprint density at radius 1 is 1.08 bits per heavy atom. The van der Waals surface area contributed by atoms with Crippen LogP contribution in [0.5, 0.6) is 0 Å². The van der Waals surface area contributed by atoms with Crippen LogP contribution in [-0.2, 0) is 9.47 Å². The van der Waals surface area contributed by atoms with E-state index in [0.29, 0.717) is 0 Å². The summed E-state index contributed by atoms with van der Waals surface area (Å²) in [7, 11) is 1.30. The van der Waals surface area contributed by atoms with Gasteiger partial charge in [-0.25, -0.2) is 0 Å². The molecule has 0 aromatic heterocycles. The molecule has 6 heteroatoms. The van der Waals surface area contributed by atoms with Gasteiger partial charge in [-0.2, -0.15) is 0 Å². The van der Waals surface area contributed by atoms with Crippen molar-refractivity contribution in [1.29, 1.82) is 0 Å². The van der Waals surface area contributed by atoms with E-state index in [4.69, 9.17) is 14.6 Å². The minimum absolute atomic E-state index is 0.187. The molecule has 0 amide bonds. The van der Waals surface area contributed by atoms with E-state index in [1.807, 2.05) is 0 Å². The van der Waals surface area contributed by atoms with Crippen molar-refractivity contribution in [3.8, 4) is 0 Å².